The zero-order valence-electron chi connectivity index (χ0n) is 22.1. The molecule has 1 amide bonds. The molecule has 1 heterocycles. The maximum atomic E-state index is 11.8. The number of carbonyl (C=O) groups excluding carboxylic acids is 1. The third-order valence-electron chi connectivity index (χ3n) is 6.72. The van der Waals surface area contributed by atoms with Crippen molar-refractivity contribution in [1.29, 1.82) is 0 Å². The number of hydrogen-bond acceptors (Lipinski definition) is 6. The SMILES string of the molecule is C1CCC(NC2CCCCC2)CC1.CC(C)(C)OC(=O)N[C@@H](Cc1ccc2c(c1)OCCO2)C(=O)O. The van der Waals surface area contributed by atoms with Crippen LogP contribution in [0, 0.1) is 0 Å². The van der Waals surface area contributed by atoms with E-state index in [0.29, 0.717) is 24.7 Å². The van der Waals surface area contributed by atoms with Gasteiger partial charge < -0.3 is 30.0 Å². The van der Waals surface area contributed by atoms with Crippen LogP contribution in [0.3, 0.4) is 0 Å². The summed E-state index contributed by atoms with van der Waals surface area (Å²) in [4.78, 5) is 23.1. The minimum atomic E-state index is -1.13. The Hall–Kier alpha value is -2.48. The van der Waals surface area contributed by atoms with Gasteiger partial charge in [-0.2, -0.15) is 0 Å². The highest BCUT2D eigenvalue weighted by atomic mass is 16.6. The third-order valence-corrected chi connectivity index (χ3v) is 6.72. The van der Waals surface area contributed by atoms with Crippen LogP contribution in [-0.2, 0) is 16.0 Å². The van der Waals surface area contributed by atoms with Crippen molar-refractivity contribution in [3.63, 3.8) is 0 Å². The number of nitrogens with one attached hydrogen (secondary N) is 2. The average molecular weight is 505 g/mol. The van der Waals surface area contributed by atoms with Crippen LogP contribution in [0.15, 0.2) is 18.2 Å². The van der Waals surface area contributed by atoms with Gasteiger partial charge in [0.05, 0.1) is 0 Å². The van der Waals surface area contributed by atoms with Crippen molar-refractivity contribution in [1.82, 2.24) is 10.6 Å². The Kier molecular flexibility index (Phi) is 10.7. The smallest absolute Gasteiger partial charge is 0.408 e. The number of benzene rings is 1. The third kappa shape index (κ3) is 9.88. The summed E-state index contributed by atoms with van der Waals surface area (Å²) < 4.78 is 16.0. The maximum absolute atomic E-state index is 11.8. The molecule has 3 N–H and O–H groups in total. The molecule has 2 fully saturated rings. The van der Waals surface area contributed by atoms with Crippen LogP contribution in [0.5, 0.6) is 11.5 Å². The Labute approximate surface area is 215 Å². The van der Waals surface area contributed by atoms with Crippen molar-refractivity contribution >= 4 is 12.1 Å². The van der Waals surface area contributed by atoms with Crippen LogP contribution in [0.1, 0.15) is 90.5 Å². The minimum absolute atomic E-state index is 0.116. The van der Waals surface area contributed by atoms with Gasteiger partial charge in [-0.15, -0.1) is 0 Å². The molecule has 36 heavy (non-hydrogen) atoms. The molecule has 0 unspecified atom stereocenters. The fourth-order valence-corrected chi connectivity index (χ4v) is 4.97. The molecule has 0 radical (unpaired) electrons. The average Bonchev–Trinajstić information content (AvgIpc) is 2.84. The second-order valence-electron chi connectivity index (χ2n) is 11.1. The topological polar surface area (TPSA) is 106 Å². The van der Waals surface area contributed by atoms with Gasteiger partial charge >= 0.3 is 12.1 Å². The molecule has 4 rings (SSSR count). The highest BCUT2D eigenvalue weighted by Gasteiger charge is 2.25. The minimum Gasteiger partial charge on any atom is -0.486 e. The number of carboxylic acid groups (broad SMARTS) is 1. The molecule has 2 saturated carbocycles. The highest BCUT2D eigenvalue weighted by Crippen LogP contribution is 2.31. The van der Waals surface area contributed by atoms with E-state index in [4.69, 9.17) is 14.2 Å². The largest absolute Gasteiger partial charge is 0.486 e. The molecule has 1 aliphatic heterocycles. The van der Waals surface area contributed by atoms with Crippen molar-refractivity contribution < 1.29 is 28.9 Å². The molecule has 1 aromatic carbocycles. The lowest BCUT2D eigenvalue weighted by Crippen LogP contribution is -2.44. The number of alkyl carbamates (subject to hydrolysis) is 1. The lowest BCUT2D eigenvalue weighted by atomic mass is 9.91. The van der Waals surface area contributed by atoms with Gasteiger partial charge in [-0.1, -0.05) is 44.6 Å². The van der Waals surface area contributed by atoms with E-state index >= 15 is 0 Å². The first-order valence-corrected chi connectivity index (χ1v) is 13.6. The van der Waals surface area contributed by atoms with Crippen molar-refractivity contribution in [2.24, 2.45) is 0 Å². The van der Waals surface area contributed by atoms with E-state index in [2.05, 4.69) is 10.6 Å². The summed E-state index contributed by atoms with van der Waals surface area (Å²) >= 11 is 0. The molecule has 8 nitrogen and oxygen atoms in total. The standard InChI is InChI=1S/C16H21NO6.C12H23N/c1-16(2,3)23-15(20)17-11(14(18)19)8-10-4-5-12-13(9-10)22-7-6-21-12;1-3-7-11(8-4-1)13-12-9-5-2-6-10-12/h4-5,9,11H,6-8H2,1-3H3,(H,17,20)(H,18,19);11-13H,1-10H2/t11-;/m0./s1. The molecular weight excluding hydrogens is 460 g/mol. The summed E-state index contributed by atoms with van der Waals surface area (Å²) in [6, 6.07) is 5.86. The zero-order valence-corrected chi connectivity index (χ0v) is 22.1. The van der Waals surface area contributed by atoms with Crippen LogP contribution in [0.25, 0.3) is 0 Å². The van der Waals surface area contributed by atoms with E-state index in [1.54, 1.807) is 39.0 Å². The Balaban J connectivity index is 0.000000233. The fourth-order valence-electron chi connectivity index (χ4n) is 4.97. The molecule has 1 aromatic rings. The van der Waals surface area contributed by atoms with Crippen molar-refractivity contribution in [3.8, 4) is 11.5 Å². The molecule has 0 bridgehead atoms. The van der Waals surface area contributed by atoms with E-state index in [-0.39, 0.29) is 6.42 Å². The highest BCUT2D eigenvalue weighted by molar-refractivity contribution is 5.80. The quantitative estimate of drug-likeness (QED) is 0.488. The Morgan fingerprint density at radius 3 is 2.03 bits per heavy atom. The van der Waals surface area contributed by atoms with Crippen molar-refractivity contribution in [2.45, 2.75) is 115 Å². The lowest BCUT2D eigenvalue weighted by Gasteiger charge is -2.30. The van der Waals surface area contributed by atoms with E-state index in [1.807, 2.05) is 0 Å². The van der Waals surface area contributed by atoms with Crippen LogP contribution in [0.2, 0.25) is 0 Å². The normalized spacial score (nSPS) is 19.4. The van der Waals surface area contributed by atoms with Gasteiger partial charge in [0.2, 0.25) is 0 Å². The second-order valence-corrected chi connectivity index (χ2v) is 11.1. The number of rotatable bonds is 6. The summed E-state index contributed by atoms with van der Waals surface area (Å²) in [5.74, 6) is 0.0767. The van der Waals surface area contributed by atoms with E-state index in [1.165, 1.54) is 64.2 Å². The van der Waals surface area contributed by atoms with Gasteiger partial charge in [-0.3, -0.25) is 0 Å². The van der Waals surface area contributed by atoms with E-state index in [0.717, 1.165) is 17.6 Å². The van der Waals surface area contributed by atoms with Gasteiger partial charge in [0, 0.05) is 18.5 Å². The summed E-state index contributed by atoms with van der Waals surface area (Å²) in [6.07, 6.45) is 13.9. The number of aliphatic carboxylic acids is 1. The van der Waals surface area contributed by atoms with Crippen LogP contribution in [-0.4, -0.2) is 54.1 Å². The predicted octanol–water partition coefficient (Wildman–Crippen LogP) is 5.22. The van der Waals surface area contributed by atoms with E-state index < -0.39 is 23.7 Å². The number of amides is 1. The summed E-state index contributed by atoms with van der Waals surface area (Å²) in [5, 5.41) is 15.5. The fraction of sp³-hybridized carbons (Fsp3) is 0.714. The molecule has 2 aliphatic carbocycles. The number of carbonyl (C=O) groups is 2. The van der Waals surface area contributed by atoms with E-state index in [9.17, 15) is 14.7 Å². The van der Waals surface area contributed by atoms with Gasteiger partial charge in [0.25, 0.3) is 0 Å². The van der Waals surface area contributed by atoms with Crippen LogP contribution in [0.4, 0.5) is 4.79 Å². The molecular formula is C28H44N2O6. The Morgan fingerprint density at radius 2 is 1.50 bits per heavy atom. The molecule has 3 aliphatic rings. The number of fused-ring (bicyclic) bond motifs is 1. The Bertz CT molecular complexity index is 825. The maximum Gasteiger partial charge on any atom is 0.408 e. The first kappa shape index (κ1) is 28.1. The first-order chi connectivity index (χ1) is 17.2. The number of carboxylic acids is 1. The zero-order chi connectivity index (χ0) is 26.0. The van der Waals surface area contributed by atoms with Gasteiger partial charge in [-0.25, -0.2) is 9.59 Å². The molecule has 0 saturated heterocycles. The second kappa shape index (κ2) is 13.7. The van der Waals surface area contributed by atoms with Gasteiger partial charge in [0.15, 0.2) is 11.5 Å². The molecule has 202 valence electrons. The number of hydrogen-bond donors (Lipinski definition) is 3. The molecule has 0 spiro atoms. The summed E-state index contributed by atoms with van der Waals surface area (Å²) in [6.45, 7) is 6.08. The van der Waals surface area contributed by atoms with Crippen LogP contribution >= 0.6 is 0 Å². The van der Waals surface area contributed by atoms with Crippen molar-refractivity contribution in [2.75, 3.05) is 13.2 Å². The summed E-state index contributed by atoms with van der Waals surface area (Å²) in [7, 11) is 0. The predicted molar refractivity (Wildman–Crippen MR) is 139 cm³/mol. The van der Waals surface area contributed by atoms with Crippen LogP contribution < -0.4 is 20.1 Å². The van der Waals surface area contributed by atoms with Crippen molar-refractivity contribution in [3.05, 3.63) is 23.8 Å². The molecule has 8 heteroatoms. The first-order valence-electron chi connectivity index (χ1n) is 13.6. The molecule has 0 aromatic heterocycles. The Morgan fingerprint density at radius 1 is 0.944 bits per heavy atom. The molecule has 1 atom stereocenters. The number of ether oxygens (including phenoxy) is 3. The van der Waals surface area contributed by atoms with Gasteiger partial charge in [-0.05, 0) is 64.2 Å². The van der Waals surface area contributed by atoms with Gasteiger partial charge in [0.1, 0.15) is 24.9 Å². The monoisotopic (exact) mass is 504 g/mol. The lowest BCUT2D eigenvalue weighted by molar-refractivity contribution is -0.139. The summed E-state index contributed by atoms with van der Waals surface area (Å²) in [5.41, 5.74) is 0.0298.